The maximum absolute atomic E-state index is 13.1. The number of carbonyl (C=O) groups is 1. The van der Waals surface area contributed by atoms with Gasteiger partial charge in [0.25, 0.3) is 11.8 Å². The quantitative estimate of drug-likeness (QED) is 0.811. The molecular formula is C14H16ClF2NO. The topological polar surface area (TPSA) is 20.3 Å². The molecule has 1 fully saturated rings. The number of hydrogen-bond acceptors (Lipinski definition) is 1. The summed E-state index contributed by atoms with van der Waals surface area (Å²) in [6.07, 6.45) is 0.253. The van der Waals surface area contributed by atoms with Gasteiger partial charge in [0.2, 0.25) is 0 Å². The van der Waals surface area contributed by atoms with E-state index in [-0.39, 0.29) is 31.8 Å². The van der Waals surface area contributed by atoms with E-state index in [1.807, 2.05) is 13.0 Å². The van der Waals surface area contributed by atoms with E-state index in [0.717, 1.165) is 12.0 Å². The molecule has 1 amide bonds. The van der Waals surface area contributed by atoms with Crippen LogP contribution in [0.25, 0.3) is 0 Å². The maximum Gasteiger partial charge on any atom is 0.255 e. The number of alkyl halides is 2. The van der Waals surface area contributed by atoms with Crippen LogP contribution in [0, 0.1) is 0 Å². The second-order valence-corrected chi connectivity index (χ2v) is 5.22. The first-order chi connectivity index (χ1) is 8.93. The highest BCUT2D eigenvalue weighted by molar-refractivity contribution is 6.33. The number of amides is 1. The predicted molar refractivity (Wildman–Crippen MR) is 70.9 cm³/mol. The van der Waals surface area contributed by atoms with Gasteiger partial charge in [0.15, 0.2) is 0 Å². The molecule has 0 spiro atoms. The Hall–Kier alpha value is -1.16. The van der Waals surface area contributed by atoms with Crippen LogP contribution in [0.1, 0.15) is 35.7 Å². The van der Waals surface area contributed by atoms with Crippen molar-refractivity contribution in [2.24, 2.45) is 0 Å². The minimum absolute atomic E-state index is 0.0819. The summed E-state index contributed by atoms with van der Waals surface area (Å²) in [7, 11) is 0. The first-order valence-corrected chi connectivity index (χ1v) is 6.76. The Morgan fingerprint density at radius 2 is 2.00 bits per heavy atom. The fourth-order valence-corrected chi connectivity index (χ4v) is 2.36. The molecule has 2 nitrogen and oxygen atoms in total. The van der Waals surface area contributed by atoms with Gasteiger partial charge in [0.1, 0.15) is 0 Å². The van der Waals surface area contributed by atoms with Crippen LogP contribution in [0.2, 0.25) is 5.02 Å². The molecule has 104 valence electrons. The number of likely N-dealkylation sites (tertiary alicyclic amines) is 1. The summed E-state index contributed by atoms with van der Waals surface area (Å²) < 4.78 is 26.2. The Kier molecular flexibility index (Phi) is 4.09. The van der Waals surface area contributed by atoms with E-state index in [2.05, 4.69) is 0 Å². The van der Waals surface area contributed by atoms with Gasteiger partial charge in [-0.2, -0.15) is 0 Å². The van der Waals surface area contributed by atoms with Crippen molar-refractivity contribution in [1.82, 2.24) is 4.90 Å². The third-order valence-corrected chi connectivity index (χ3v) is 3.78. The number of hydrogen-bond donors (Lipinski definition) is 0. The zero-order valence-corrected chi connectivity index (χ0v) is 11.5. The van der Waals surface area contributed by atoms with Gasteiger partial charge in [-0.25, -0.2) is 8.78 Å². The molecule has 19 heavy (non-hydrogen) atoms. The normalized spacial score (nSPS) is 18.4. The second kappa shape index (κ2) is 5.45. The lowest BCUT2D eigenvalue weighted by atomic mass is 10.0. The lowest BCUT2D eigenvalue weighted by molar-refractivity contribution is -0.0494. The molecule has 1 heterocycles. The van der Waals surface area contributed by atoms with Crippen LogP contribution in [0.3, 0.4) is 0 Å². The van der Waals surface area contributed by atoms with Crippen molar-refractivity contribution in [3.63, 3.8) is 0 Å². The third-order valence-electron chi connectivity index (χ3n) is 3.45. The van der Waals surface area contributed by atoms with Crippen LogP contribution in [0.4, 0.5) is 8.78 Å². The second-order valence-electron chi connectivity index (χ2n) is 4.82. The van der Waals surface area contributed by atoms with E-state index in [9.17, 15) is 13.6 Å². The average molecular weight is 288 g/mol. The average Bonchev–Trinajstić information content (AvgIpc) is 2.38. The summed E-state index contributed by atoms with van der Waals surface area (Å²) in [4.78, 5) is 13.8. The summed E-state index contributed by atoms with van der Waals surface area (Å²) in [5, 5.41) is 0.375. The Morgan fingerprint density at radius 1 is 1.37 bits per heavy atom. The molecule has 5 heteroatoms. The molecule has 0 unspecified atom stereocenters. The summed E-state index contributed by atoms with van der Waals surface area (Å²) >= 11 is 6.03. The van der Waals surface area contributed by atoms with Crippen LogP contribution in [-0.2, 0) is 6.42 Å². The molecule has 0 aromatic heterocycles. The fraction of sp³-hybridized carbons (Fsp3) is 0.500. The minimum Gasteiger partial charge on any atom is -0.338 e. The number of rotatable bonds is 2. The number of aryl methyl sites for hydroxylation is 1. The zero-order chi connectivity index (χ0) is 14.0. The smallest absolute Gasteiger partial charge is 0.255 e. The minimum atomic E-state index is -2.65. The molecule has 0 bridgehead atoms. The maximum atomic E-state index is 13.1. The summed E-state index contributed by atoms with van der Waals surface area (Å²) in [5.41, 5.74) is 1.42. The number of carbonyl (C=O) groups excluding carboxylic acids is 1. The van der Waals surface area contributed by atoms with E-state index < -0.39 is 5.92 Å². The van der Waals surface area contributed by atoms with E-state index in [0.29, 0.717) is 10.6 Å². The van der Waals surface area contributed by atoms with Gasteiger partial charge < -0.3 is 4.90 Å². The molecule has 0 radical (unpaired) electrons. The van der Waals surface area contributed by atoms with Crippen molar-refractivity contribution >= 4 is 17.5 Å². The van der Waals surface area contributed by atoms with Crippen LogP contribution >= 0.6 is 11.6 Å². The number of nitrogens with zero attached hydrogens (tertiary/aromatic N) is 1. The fourth-order valence-electron chi connectivity index (χ4n) is 2.16. The molecule has 0 aliphatic carbocycles. The van der Waals surface area contributed by atoms with Gasteiger partial charge >= 0.3 is 0 Å². The van der Waals surface area contributed by atoms with Crippen molar-refractivity contribution in [2.45, 2.75) is 32.1 Å². The van der Waals surface area contributed by atoms with Gasteiger partial charge in [-0.05, 0) is 24.1 Å². The Labute approximate surface area is 116 Å². The highest BCUT2D eigenvalue weighted by Crippen LogP contribution is 2.29. The van der Waals surface area contributed by atoms with Crippen molar-refractivity contribution in [3.8, 4) is 0 Å². The largest absolute Gasteiger partial charge is 0.338 e. The highest BCUT2D eigenvalue weighted by Gasteiger charge is 2.36. The van der Waals surface area contributed by atoms with E-state index in [1.165, 1.54) is 4.90 Å². The Bertz CT molecular complexity index is 480. The molecule has 0 N–H and O–H groups in total. The van der Waals surface area contributed by atoms with E-state index in [4.69, 9.17) is 11.6 Å². The van der Waals surface area contributed by atoms with Crippen LogP contribution in [0.5, 0.6) is 0 Å². The van der Waals surface area contributed by atoms with E-state index in [1.54, 1.807) is 12.1 Å². The first-order valence-electron chi connectivity index (χ1n) is 6.38. The Morgan fingerprint density at radius 3 is 2.58 bits per heavy atom. The third kappa shape index (κ3) is 3.24. The van der Waals surface area contributed by atoms with Crippen LogP contribution < -0.4 is 0 Å². The van der Waals surface area contributed by atoms with Gasteiger partial charge in [0, 0.05) is 25.9 Å². The lowest BCUT2D eigenvalue weighted by Gasteiger charge is -2.32. The van der Waals surface area contributed by atoms with Gasteiger partial charge in [0.05, 0.1) is 10.6 Å². The van der Waals surface area contributed by atoms with Gasteiger partial charge in [-0.1, -0.05) is 24.6 Å². The van der Waals surface area contributed by atoms with Gasteiger partial charge in [-0.15, -0.1) is 0 Å². The first kappa shape index (κ1) is 14.3. The SMILES string of the molecule is CCc1ccc(Cl)c(C(=O)N2CCC(F)(F)CC2)c1. The van der Waals surface area contributed by atoms with Crippen molar-refractivity contribution in [1.29, 1.82) is 0 Å². The van der Waals surface area contributed by atoms with Crippen molar-refractivity contribution in [3.05, 3.63) is 34.3 Å². The number of piperidine rings is 1. The summed E-state index contributed by atoms with van der Waals surface area (Å²) in [6, 6.07) is 5.30. The summed E-state index contributed by atoms with van der Waals surface area (Å²) in [5.74, 6) is -2.90. The summed E-state index contributed by atoms with van der Waals surface area (Å²) in [6.45, 7) is 2.15. The number of halogens is 3. The predicted octanol–water partition coefficient (Wildman–Crippen LogP) is 3.77. The lowest BCUT2D eigenvalue weighted by Crippen LogP contribution is -2.42. The highest BCUT2D eigenvalue weighted by atomic mass is 35.5. The molecule has 0 saturated carbocycles. The van der Waals surface area contributed by atoms with Crippen molar-refractivity contribution in [2.75, 3.05) is 13.1 Å². The van der Waals surface area contributed by atoms with Crippen LogP contribution in [0.15, 0.2) is 18.2 Å². The van der Waals surface area contributed by atoms with Crippen molar-refractivity contribution < 1.29 is 13.6 Å². The molecule has 0 atom stereocenters. The Balaban J connectivity index is 2.16. The number of benzene rings is 1. The molecule has 1 aliphatic rings. The van der Waals surface area contributed by atoms with Crippen LogP contribution in [-0.4, -0.2) is 29.8 Å². The molecule has 2 rings (SSSR count). The molecule has 1 saturated heterocycles. The molecule has 1 aromatic rings. The zero-order valence-electron chi connectivity index (χ0n) is 10.8. The van der Waals surface area contributed by atoms with E-state index >= 15 is 0 Å². The standard InChI is InChI=1S/C14H16ClF2NO/c1-2-10-3-4-12(15)11(9-10)13(19)18-7-5-14(16,17)6-8-18/h3-4,9H,2,5-8H2,1H3. The van der Waals surface area contributed by atoms with Gasteiger partial charge in [-0.3, -0.25) is 4.79 Å². The molecule has 1 aliphatic heterocycles. The molecular weight excluding hydrogens is 272 g/mol. The monoisotopic (exact) mass is 287 g/mol. The molecule has 1 aromatic carbocycles.